The van der Waals surface area contributed by atoms with Crippen LogP contribution in [0.15, 0.2) is 30.3 Å². The van der Waals surface area contributed by atoms with Gasteiger partial charge in [-0.2, -0.15) is 0 Å². The summed E-state index contributed by atoms with van der Waals surface area (Å²) < 4.78 is 27.5. The molecule has 0 spiro atoms. The first-order valence-electron chi connectivity index (χ1n) is 6.73. The van der Waals surface area contributed by atoms with Gasteiger partial charge >= 0.3 is 15.2 Å². The summed E-state index contributed by atoms with van der Waals surface area (Å²) in [4.78, 5) is 35.7. The first-order chi connectivity index (χ1) is 10.2. The van der Waals surface area contributed by atoms with Crippen LogP contribution in [-0.4, -0.2) is 97.4 Å². The third-order valence-corrected chi connectivity index (χ3v) is 6.24. The molecule has 0 atom stereocenters. The molecule has 1 aromatic carbocycles. The van der Waals surface area contributed by atoms with Gasteiger partial charge in [0.05, 0.1) is 6.61 Å². The van der Waals surface area contributed by atoms with E-state index >= 15 is 0 Å². The summed E-state index contributed by atoms with van der Waals surface area (Å²) in [5, 5.41) is 2.24. The van der Waals surface area contributed by atoms with Crippen LogP contribution in [0.1, 0.15) is 19.3 Å². The van der Waals surface area contributed by atoms with E-state index in [0.29, 0.717) is 19.4 Å². The minimum Gasteiger partial charge on any atom is -0.494 e. The molecule has 0 amide bonds. The molecule has 0 bridgehead atoms. The number of nitrogens with one attached hydrogen (secondary N) is 1. The fourth-order valence-electron chi connectivity index (χ4n) is 1.78. The van der Waals surface area contributed by atoms with E-state index in [1.807, 2.05) is 30.3 Å². The molecule has 12 heteroatoms. The maximum atomic E-state index is 11.0. The molecule has 1 aromatic rings. The maximum Gasteiger partial charge on any atom is 0.354 e. The Morgan fingerprint density at radius 1 is 0.917 bits per heavy atom. The van der Waals surface area contributed by atoms with Gasteiger partial charge in [-0.05, 0) is 37.9 Å². The standard InChI is InChI=1S/C12H21NO7P2.2Na/c14-21(15,16)12(22(17,18)19)13-9-5-2-6-10-20-11-7-3-1-4-8-11;;/h1,3-4,7-8,12-13H,2,5-6,9-10H2,(H2,14,15,16)(H2,17,18,19);;. The second kappa shape index (κ2) is 13.4. The Balaban J connectivity index is 0. The molecule has 5 N–H and O–H groups in total. The predicted molar refractivity (Wildman–Crippen MR) is 93.2 cm³/mol. The average Bonchev–Trinajstić information content (AvgIpc) is 2.40. The molecule has 0 saturated carbocycles. The van der Waals surface area contributed by atoms with Crippen LogP contribution < -0.4 is 10.1 Å². The quantitative estimate of drug-likeness (QED) is 0.220. The van der Waals surface area contributed by atoms with E-state index in [4.69, 9.17) is 24.3 Å². The van der Waals surface area contributed by atoms with Crippen LogP contribution in [0, 0.1) is 0 Å². The third kappa shape index (κ3) is 11.8. The summed E-state index contributed by atoms with van der Waals surface area (Å²) in [6.07, 6.45) is 1.95. The van der Waals surface area contributed by atoms with Crippen molar-refractivity contribution in [2.24, 2.45) is 0 Å². The molecule has 0 fully saturated rings. The third-order valence-electron chi connectivity index (χ3n) is 2.80. The number of unbranched alkanes of at least 4 members (excludes halogenated alkanes) is 2. The average molecular weight is 399 g/mol. The van der Waals surface area contributed by atoms with E-state index in [9.17, 15) is 9.13 Å². The smallest absolute Gasteiger partial charge is 0.354 e. The van der Waals surface area contributed by atoms with E-state index in [1.165, 1.54) is 0 Å². The molecular weight excluding hydrogens is 378 g/mol. The number of para-hydroxylation sites is 1. The van der Waals surface area contributed by atoms with Crippen molar-refractivity contribution in [1.29, 1.82) is 0 Å². The topological polar surface area (TPSA) is 136 Å². The minimum atomic E-state index is -4.90. The molecule has 2 radical (unpaired) electrons. The number of ether oxygens (including phenoxy) is 1. The predicted octanol–water partition coefficient (Wildman–Crippen LogP) is 0.703. The molecular formula is C12H21NNa2O7P2. The van der Waals surface area contributed by atoms with E-state index in [2.05, 4.69) is 5.32 Å². The fourth-order valence-corrected chi connectivity index (χ4v) is 4.08. The Morgan fingerprint density at radius 2 is 1.46 bits per heavy atom. The van der Waals surface area contributed by atoms with Crippen molar-refractivity contribution in [3.05, 3.63) is 30.3 Å². The van der Waals surface area contributed by atoms with Gasteiger partial charge in [0.25, 0.3) is 0 Å². The van der Waals surface area contributed by atoms with E-state index in [0.717, 1.165) is 12.2 Å². The summed E-state index contributed by atoms with van der Waals surface area (Å²) in [7, 11) is -9.80. The maximum absolute atomic E-state index is 11.0. The van der Waals surface area contributed by atoms with Crippen molar-refractivity contribution in [3.8, 4) is 5.75 Å². The molecule has 0 unspecified atom stereocenters. The molecule has 1 rings (SSSR count). The van der Waals surface area contributed by atoms with Gasteiger partial charge < -0.3 is 24.3 Å². The summed E-state index contributed by atoms with van der Waals surface area (Å²) in [5.74, 6) is 0.767. The van der Waals surface area contributed by atoms with Crippen molar-refractivity contribution in [3.63, 3.8) is 0 Å². The first kappa shape index (κ1) is 27.5. The SMILES string of the molecule is O=P(O)(O)C(NCCCCCOc1ccccc1)P(=O)(O)O.[Na].[Na]. The Morgan fingerprint density at radius 3 is 1.96 bits per heavy atom. The van der Waals surface area contributed by atoms with E-state index < -0.39 is 20.7 Å². The minimum absolute atomic E-state index is 0. The van der Waals surface area contributed by atoms with Gasteiger partial charge in [0.1, 0.15) is 5.75 Å². The second-order valence-electron chi connectivity index (χ2n) is 4.73. The van der Waals surface area contributed by atoms with Gasteiger partial charge in [-0.25, -0.2) is 0 Å². The Labute approximate surface area is 185 Å². The monoisotopic (exact) mass is 399 g/mol. The van der Waals surface area contributed by atoms with Gasteiger partial charge in [-0.3, -0.25) is 14.4 Å². The van der Waals surface area contributed by atoms with Gasteiger partial charge in [0.15, 0.2) is 0 Å². The van der Waals surface area contributed by atoms with Gasteiger partial charge in [-0.15, -0.1) is 0 Å². The zero-order valence-electron chi connectivity index (χ0n) is 13.9. The van der Waals surface area contributed by atoms with Gasteiger partial charge in [0.2, 0.25) is 5.52 Å². The van der Waals surface area contributed by atoms with Gasteiger partial charge in [0, 0.05) is 59.1 Å². The van der Waals surface area contributed by atoms with E-state index in [1.54, 1.807) is 0 Å². The molecule has 0 aliphatic heterocycles. The molecule has 128 valence electrons. The summed E-state index contributed by atoms with van der Waals surface area (Å²) in [6.45, 7) is 0.608. The molecule has 0 aliphatic rings. The number of benzene rings is 1. The van der Waals surface area contributed by atoms with Crippen molar-refractivity contribution >= 4 is 74.3 Å². The molecule has 0 aliphatic carbocycles. The van der Waals surface area contributed by atoms with Crippen LogP contribution in [0.4, 0.5) is 0 Å². The molecule has 24 heavy (non-hydrogen) atoms. The molecule has 8 nitrogen and oxygen atoms in total. The van der Waals surface area contributed by atoms with Crippen molar-refractivity contribution in [2.75, 3.05) is 13.2 Å². The van der Waals surface area contributed by atoms with Crippen LogP contribution in [0.3, 0.4) is 0 Å². The zero-order chi connectivity index (χ0) is 16.6. The fraction of sp³-hybridized carbons (Fsp3) is 0.500. The van der Waals surface area contributed by atoms with E-state index in [-0.39, 0.29) is 65.7 Å². The largest absolute Gasteiger partial charge is 0.494 e. The summed E-state index contributed by atoms with van der Waals surface area (Å²) in [6, 6.07) is 9.29. The first-order valence-corrected chi connectivity index (χ1v) is 10.1. The van der Waals surface area contributed by atoms with Crippen LogP contribution in [0.25, 0.3) is 0 Å². The van der Waals surface area contributed by atoms with Crippen molar-refractivity contribution < 1.29 is 33.4 Å². The number of hydrogen-bond donors (Lipinski definition) is 5. The van der Waals surface area contributed by atoms with Crippen LogP contribution in [-0.2, 0) is 9.13 Å². The number of hydrogen-bond acceptors (Lipinski definition) is 4. The molecule has 0 aromatic heterocycles. The summed E-state index contributed by atoms with van der Waals surface area (Å²) >= 11 is 0. The van der Waals surface area contributed by atoms with Crippen LogP contribution >= 0.6 is 15.2 Å². The Bertz CT molecular complexity index is 515. The normalized spacial score (nSPS) is 11.5. The van der Waals surface area contributed by atoms with Crippen molar-refractivity contribution in [2.45, 2.75) is 24.8 Å². The van der Waals surface area contributed by atoms with Crippen LogP contribution in [0.2, 0.25) is 0 Å². The zero-order valence-corrected chi connectivity index (χ0v) is 19.7. The Hall–Kier alpha value is 1.28. The Kier molecular flexibility index (Phi) is 15.4. The van der Waals surface area contributed by atoms with Gasteiger partial charge in [-0.1, -0.05) is 18.2 Å². The summed E-state index contributed by atoms with van der Waals surface area (Å²) in [5.41, 5.74) is -2.14. The second-order valence-corrected chi connectivity index (χ2v) is 8.52. The number of rotatable bonds is 10. The van der Waals surface area contributed by atoms with Crippen LogP contribution in [0.5, 0.6) is 5.75 Å². The van der Waals surface area contributed by atoms with Crippen molar-refractivity contribution in [1.82, 2.24) is 5.32 Å². The molecule has 0 heterocycles. The molecule has 0 saturated heterocycles.